The first kappa shape index (κ1) is 16.2. The number of hydrogen-bond donors (Lipinski definition) is 2. The lowest BCUT2D eigenvalue weighted by Crippen LogP contribution is -2.49. The Kier molecular flexibility index (Phi) is 5.22. The van der Waals surface area contributed by atoms with E-state index in [0.717, 1.165) is 13.1 Å². The first-order valence-corrected chi connectivity index (χ1v) is 7.92. The highest BCUT2D eigenvalue weighted by molar-refractivity contribution is 5.80. The molecule has 2 saturated heterocycles. The second kappa shape index (κ2) is 6.75. The molecule has 0 aromatic heterocycles. The van der Waals surface area contributed by atoms with Crippen molar-refractivity contribution in [3.8, 4) is 0 Å². The number of nitrogens with one attached hydrogen (secondary N) is 1. The highest BCUT2D eigenvalue weighted by Gasteiger charge is 2.30. The summed E-state index contributed by atoms with van der Waals surface area (Å²) in [5.74, 6) is 5.19. The molecular weight excluding hydrogens is 268 g/mol. The van der Waals surface area contributed by atoms with E-state index >= 15 is 0 Å². The zero-order chi connectivity index (χ0) is 15.5. The van der Waals surface area contributed by atoms with Gasteiger partial charge in [0, 0.05) is 25.6 Å². The normalized spacial score (nSPS) is 23.9. The summed E-state index contributed by atoms with van der Waals surface area (Å²) in [6.45, 7) is 8.37. The van der Waals surface area contributed by atoms with Gasteiger partial charge >= 0.3 is 0 Å². The van der Waals surface area contributed by atoms with Crippen LogP contribution in [0.3, 0.4) is 0 Å². The molecule has 0 aliphatic carbocycles. The minimum absolute atomic E-state index is 0.0482. The van der Waals surface area contributed by atoms with Gasteiger partial charge in [0.1, 0.15) is 0 Å². The van der Waals surface area contributed by atoms with Crippen LogP contribution in [-0.4, -0.2) is 54.3 Å². The van der Waals surface area contributed by atoms with Gasteiger partial charge in [0.15, 0.2) is 0 Å². The third kappa shape index (κ3) is 4.41. The molecule has 2 aliphatic rings. The zero-order valence-corrected chi connectivity index (χ0v) is 13.2. The number of nitrogens with zero attached hydrogens (tertiary/aromatic N) is 2. The Labute approximate surface area is 127 Å². The van der Waals surface area contributed by atoms with E-state index in [4.69, 9.17) is 5.84 Å². The second-order valence-electron chi connectivity index (χ2n) is 7.14. The van der Waals surface area contributed by atoms with Crippen molar-refractivity contribution in [3.05, 3.63) is 0 Å². The maximum Gasteiger partial charge on any atom is 0.237 e. The van der Waals surface area contributed by atoms with E-state index in [1.165, 1.54) is 12.8 Å². The van der Waals surface area contributed by atoms with Crippen LogP contribution in [0.1, 0.15) is 39.5 Å². The quantitative estimate of drug-likeness (QED) is 0.447. The number of hydrazine groups is 1. The fourth-order valence-corrected chi connectivity index (χ4v) is 3.48. The first-order chi connectivity index (χ1) is 9.91. The molecule has 120 valence electrons. The summed E-state index contributed by atoms with van der Waals surface area (Å²) in [6.07, 6.45) is 3.82. The number of hydrogen-bond acceptors (Lipinski definition) is 4. The lowest BCUT2D eigenvalue weighted by atomic mass is 9.84. The minimum atomic E-state index is -0.111. The summed E-state index contributed by atoms with van der Waals surface area (Å²) < 4.78 is 0. The summed E-state index contributed by atoms with van der Waals surface area (Å²) in [7, 11) is 0. The Morgan fingerprint density at radius 3 is 2.48 bits per heavy atom. The molecule has 0 atom stereocenters. The van der Waals surface area contributed by atoms with Crippen molar-refractivity contribution in [1.29, 1.82) is 0 Å². The van der Waals surface area contributed by atoms with Gasteiger partial charge in [-0.3, -0.25) is 19.9 Å². The highest BCUT2D eigenvalue weighted by Crippen LogP contribution is 2.28. The van der Waals surface area contributed by atoms with Crippen LogP contribution >= 0.6 is 0 Å². The maximum absolute atomic E-state index is 12.4. The van der Waals surface area contributed by atoms with Crippen molar-refractivity contribution in [2.45, 2.75) is 39.5 Å². The number of piperidine rings is 2. The van der Waals surface area contributed by atoms with Crippen molar-refractivity contribution in [1.82, 2.24) is 15.2 Å². The molecule has 0 bridgehead atoms. The molecule has 2 amide bonds. The van der Waals surface area contributed by atoms with Crippen LogP contribution in [-0.2, 0) is 9.59 Å². The molecule has 6 nitrogen and oxygen atoms in total. The lowest BCUT2D eigenvalue weighted by molar-refractivity contribution is -0.137. The van der Waals surface area contributed by atoms with E-state index in [2.05, 4.69) is 24.2 Å². The third-order valence-electron chi connectivity index (χ3n) is 4.70. The Balaban J connectivity index is 1.78. The standard InChI is InChI=1S/C15H28N4O2/c1-15(2)6-3-7-18(11-15)10-13(20)19-8-4-12(5-9-19)14(21)17-16/h12H,3-11,16H2,1-2H3,(H,17,21). The highest BCUT2D eigenvalue weighted by atomic mass is 16.2. The summed E-state index contributed by atoms with van der Waals surface area (Å²) in [5, 5.41) is 0. The van der Waals surface area contributed by atoms with E-state index in [1.54, 1.807) is 0 Å². The average Bonchev–Trinajstić information content (AvgIpc) is 2.45. The van der Waals surface area contributed by atoms with Gasteiger partial charge in [-0.1, -0.05) is 13.8 Å². The summed E-state index contributed by atoms with van der Waals surface area (Å²) in [6, 6.07) is 0. The van der Waals surface area contributed by atoms with E-state index in [9.17, 15) is 9.59 Å². The number of carbonyl (C=O) groups excluding carboxylic acids is 2. The molecule has 0 spiro atoms. The van der Waals surface area contributed by atoms with Crippen LogP contribution in [0.2, 0.25) is 0 Å². The molecular formula is C15H28N4O2. The number of rotatable bonds is 3. The Bertz CT molecular complexity index is 389. The molecule has 21 heavy (non-hydrogen) atoms. The van der Waals surface area contributed by atoms with Gasteiger partial charge in [-0.05, 0) is 37.6 Å². The summed E-state index contributed by atoms with van der Waals surface area (Å²) in [5.41, 5.74) is 2.51. The third-order valence-corrected chi connectivity index (χ3v) is 4.70. The van der Waals surface area contributed by atoms with Gasteiger partial charge in [-0.15, -0.1) is 0 Å². The van der Waals surface area contributed by atoms with Crippen LogP contribution in [0, 0.1) is 11.3 Å². The maximum atomic E-state index is 12.4. The molecule has 3 N–H and O–H groups in total. The second-order valence-corrected chi connectivity index (χ2v) is 7.14. The van der Waals surface area contributed by atoms with Crippen LogP contribution in [0.4, 0.5) is 0 Å². The number of amides is 2. The first-order valence-electron chi connectivity index (χ1n) is 7.92. The van der Waals surface area contributed by atoms with Crippen molar-refractivity contribution in [2.75, 3.05) is 32.7 Å². The van der Waals surface area contributed by atoms with Crippen molar-refractivity contribution in [3.63, 3.8) is 0 Å². The van der Waals surface area contributed by atoms with E-state index in [0.29, 0.717) is 37.9 Å². The zero-order valence-electron chi connectivity index (χ0n) is 13.2. The van der Waals surface area contributed by atoms with Gasteiger partial charge in [0.2, 0.25) is 11.8 Å². The van der Waals surface area contributed by atoms with Gasteiger partial charge in [-0.2, -0.15) is 0 Å². The summed E-state index contributed by atoms with van der Waals surface area (Å²) in [4.78, 5) is 28.0. The van der Waals surface area contributed by atoms with E-state index in [-0.39, 0.29) is 17.7 Å². The molecule has 2 aliphatic heterocycles. The molecule has 2 rings (SSSR count). The van der Waals surface area contributed by atoms with Gasteiger partial charge in [0.05, 0.1) is 6.54 Å². The van der Waals surface area contributed by atoms with E-state index in [1.807, 2.05) is 4.90 Å². The Morgan fingerprint density at radius 1 is 1.24 bits per heavy atom. The SMILES string of the molecule is CC1(C)CCCN(CC(=O)N2CCC(C(=O)NN)CC2)C1. The fraction of sp³-hybridized carbons (Fsp3) is 0.867. The fourth-order valence-electron chi connectivity index (χ4n) is 3.48. The summed E-state index contributed by atoms with van der Waals surface area (Å²) >= 11 is 0. The lowest BCUT2D eigenvalue weighted by Gasteiger charge is -2.39. The van der Waals surface area contributed by atoms with Gasteiger partial charge < -0.3 is 4.90 Å². The number of likely N-dealkylation sites (tertiary alicyclic amines) is 2. The monoisotopic (exact) mass is 296 g/mol. The Morgan fingerprint density at radius 2 is 1.90 bits per heavy atom. The number of nitrogens with two attached hydrogens (primary N) is 1. The smallest absolute Gasteiger partial charge is 0.237 e. The van der Waals surface area contributed by atoms with Crippen molar-refractivity contribution in [2.24, 2.45) is 17.2 Å². The van der Waals surface area contributed by atoms with Crippen LogP contribution in [0.5, 0.6) is 0 Å². The molecule has 0 saturated carbocycles. The predicted molar refractivity (Wildman–Crippen MR) is 81.1 cm³/mol. The van der Waals surface area contributed by atoms with Crippen LogP contribution in [0.25, 0.3) is 0 Å². The largest absolute Gasteiger partial charge is 0.342 e. The molecule has 0 unspecified atom stereocenters. The average molecular weight is 296 g/mol. The molecule has 6 heteroatoms. The van der Waals surface area contributed by atoms with Crippen molar-refractivity contribution >= 4 is 11.8 Å². The predicted octanol–water partition coefficient (Wildman–Crippen LogP) is 0.337. The van der Waals surface area contributed by atoms with Gasteiger partial charge in [-0.25, -0.2) is 5.84 Å². The number of carbonyl (C=O) groups is 2. The molecule has 2 fully saturated rings. The van der Waals surface area contributed by atoms with Gasteiger partial charge in [0.25, 0.3) is 0 Å². The molecule has 0 aromatic carbocycles. The van der Waals surface area contributed by atoms with Crippen LogP contribution < -0.4 is 11.3 Å². The molecule has 0 aromatic rings. The molecule has 2 heterocycles. The van der Waals surface area contributed by atoms with Crippen molar-refractivity contribution < 1.29 is 9.59 Å². The minimum Gasteiger partial charge on any atom is -0.342 e. The van der Waals surface area contributed by atoms with E-state index < -0.39 is 0 Å². The topological polar surface area (TPSA) is 78.7 Å². The molecule has 0 radical (unpaired) electrons. The van der Waals surface area contributed by atoms with Crippen LogP contribution in [0.15, 0.2) is 0 Å². The Hall–Kier alpha value is -1.14.